The summed E-state index contributed by atoms with van der Waals surface area (Å²) in [7, 11) is 3.23. The third-order valence-corrected chi connectivity index (χ3v) is 4.60. The van der Waals surface area contributed by atoms with Gasteiger partial charge in [-0.25, -0.2) is 4.99 Å². The van der Waals surface area contributed by atoms with Crippen molar-refractivity contribution >= 4 is 17.7 Å². The summed E-state index contributed by atoms with van der Waals surface area (Å²) in [5.41, 5.74) is 9.46. The molecule has 0 spiro atoms. The van der Waals surface area contributed by atoms with Crippen molar-refractivity contribution in [2.24, 2.45) is 10.7 Å². The van der Waals surface area contributed by atoms with Gasteiger partial charge in [0.1, 0.15) is 0 Å². The van der Waals surface area contributed by atoms with Crippen LogP contribution in [0.15, 0.2) is 46.3 Å². The average Bonchev–Trinajstić information content (AvgIpc) is 2.64. The summed E-state index contributed by atoms with van der Waals surface area (Å²) in [4.78, 5) is 5.64. The first-order valence-electron chi connectivity index (χ1n) is 7.95. The van der Waals surface area contributed by atoms with Crippen LogP contribution in [0.3, 0.4) is 0 Å². The number of nitrogens with two attached hydrogens (primary N) is 1. The van der Waals surface area contributed by atoms with E-state index in [4.69, 9.17) is 15.2 Å². The van der Waals surface area contributed by atoms with E-state index in [-0.39, 0.29) is 0 Å². The molecule has 5 nitrogen and oxygen atoms in total. The SMILES string of the molecule is COc1ccc(CN=C(N)NCc2ccc(C)cc2SC)cc1OC. The molecule has 0 aromatic heterocycles. The van der Waals surface area contributed by atoms with Crippen LogP contribution in [0.25, 0.3) is 0 Å². The molecule has 0 saturated carbocycles. The number of nitrogens with zero attached hydrogens (tertiary/aromatic N) is 1. The van der Waals surface area contributed by atoms with Crippen LogP contribution in [0, 0.1) is 6.92 Å². The molecule has 25 heavy (non-hydrogen) atoms. The number of hydrogen-bond acceptors (Lipinski definition) is 4. The van der Waals surface area contributed by atoms with Crippen molar-refractivity contribution in [1.82, 2.24) is 5.32 Å². The molecule has 0 atom stereocenters. The summed E-state index contributed by atoms with van der Waals surface area (Å²) in [5, 5.41) is 3.17. The van der Waals surface area contributed by atoms with Crippen LogP contribution in [-0.2, 0) is 13.1 Å². The number of hydrogen-bond donors (Lipinski definition) is 2. The summed E-state index contributed by atoms with van der Waals surface area (Å²) >= 11 is 1.73. The van der Waals surface area contributed by atoms with Crippen LogP contribution in [0.2, 0.25) is 0 Å². The summed E-state index contributed by atoms with van der Waals surface area (Å²) in [6.07, 6.45) is 2.08. The number of rotatable bonds is 7. The first kappa shape index (κ1) is 19.0. The predicted molar refractivity (Wildman–Crippen MR) is 105 cm³/mol. The summed E-state index contributed by atoms with van der Waals surface area (Å²) in [5.74, 6) is 1.80. The number of benzene rings is 2. The number of methoxy groups -OCH3 is 2. The van der Waals surface area contributed by atoms with Crippen LogP contribution in [0.5, 0.6) is 11.5 Å². The zero-order chi connectivity index (χ0) is 18.2. The molecule has 0 heterocycles. The van der Waals surface area contributed by atoms with Gasteiger partial charge in [-0.05, 0) is 48.1 Å². The van der Waals surface area contributed by atoms with Crippen molar-refractivity contribution in [3.8, 4) is 11.5 Å². The Bertz CT molecular complexity index is 747. The van der Waals surface area contributed by atoms with Crippen molar-refractivity contribution < 1.29 is 9.47 Å². The van der Waals surface area contributed by atoms with Gasteiger partial charge >= 0.3 is 0 Å². The number of guanidine groups is 1. The Hall–Kier alpha value is -2.34. The van der Waals surface area contributed by atoms with Crippen molar-refractivity contribution in [2.75, 3.05) is 20.5 Å². The van der Waals surface area contributed by atoms with Crippen LogP contribution in [0.4, 0.5) is 0 Å². The van der Waals surface area contributed by atoms with E-state index < -0.39 is 0 Å². The van der Waals surface area contributed by atoms with E-state index in [2.05, 4.69) is 41.7 Å². The summed E-state index contributed by atoms with van der Waals surface area (Å²) in [6, 6.07) is 12.1. The van der Waals surface area contributed by atoms with Crippen LogP contribution in [-0.4, -0.2) is 26.4 Å². The molecule has 2 aromatic carbocycles. The molecule has 0 unspecified atom stereocenters. The summed E-state index contributed by atoms with van der Waals surface area (Å²) in [6.45, 7) is 3.22. The third-order valence-electron chi connectivity index (χ3n) is 3.78. The topological polar surface area (TPSA) is 68.9 Å². The molecule has 6 heteroatoms. The van der Waals surface area contributed by atoms with Crippen LogP contribution >= 0.6 is 11.8 Å². The molecule has 0 aliphatic carbocycles. The van der Waals surface area contributed by atoms with Crippen molar-refractivity contribution in [3.63, 3.8) is 0 Å². The van der Waals surface area contributed by atoms with Gasteiger partial charge in [0.15, 0.2) is 17.5 Å². The second-order valence-corrected chi connectivity index (χ2v) is 6.41. The Kier molecular flexibility index (Phi) is 7.01. The van der Waals surface area contributed by atoms with E-state index in [1.807, 2.05) is 18.2 Å². The maximum atomic E-state index is 5.99. The minimum atomic E-state index is 0.419. The Labute approximate surface area is 153 Å². The molecular formula is C19H25N3O2S. The average molecular weight is 359 g/mol. The molecule has 0 saturated heterocycles. The van der Waals surface area contributed by atoms with Gasteiger partial charge in [0.05, 0.1) is 20.8 Å². The van der Waals surface area contributed by atoms with Crippen LogP contribution < -0.4 is 20.5 Å². The second kappa shape index (κ2) is 9.22. The van der Waals surface area contributed by atoms with Gasteiger partial charge in [-0.3, -0.25) is 0 Å². The molecule has 134 valence electrons. The third kappa shape index (κ3) is 5.32. The number of aryl methyl sites for hydroxylation is 1. The maximum absolute atomic E-state index is 5.99. The Morgan fingerprint density at radius 3 is 2.56 bits per heavy atom. The molecule has 2 aromatic rings. The molecule has 0 amide bonds. The highest BCUT2D eigenvalue weighted by atomic mass is 32.2. The van der Waals surface area contributed by atoms with Crippen molar-refractivity contribution in [1.29, 1.82) is 0 Å². The van der Waals surface area contributed by atoms with E-state index in [0.29, 0.717) is 30.5 Å². The predicted octanol–water partition coefficient (Wildman–Crippen LogP) is 3.34. The number of thioether (sulfide) groups is 1. The maximum Gasteiger partial charge on any atom is 0.189 e. The Morgan fingerprint density at radius 2 is 1.88 bits per heavy atom. The van der Waals surface area contributed by atoms with Gasteiger partial charge in [-0.15, -0.1) is 11.8 Å². The molecule has 0 radical (unpaired) electrons. The number of nitrogens with one attached hydrogen (secondary N) is 1. The largest absolute Gasteiger partial charge is 0.493 e. The Morgan fingerprint density at radius 1 is 1.12 bits per heavy atom. The van der Waals surface area contributed by atoms with Gasteiger partial charge in [-0.1, -0.05) is 18.2 Å². The monoisotopic (exact) mass is 359 g/mol. The fourth-order valence-electron chi connectivity index (χ4n) is 2.39. The molecular weight excluding hydrogens is 334 g/mol. The zero-order valence-corrected chi connectivity index (χ0v) is 15.9. The smallest absolute Gasteiger partial charge is 0.189 e. The van der Waals surface area contributed by atoms with Crippen molar-refractivity contribution in [3.05, 3.63) is 53.1 Å². The molecule has 3 N–H and O–H groups in total. The lowest BCUT2D eigenvalue weighted by Crippen LogP contribution is -2.31. The fourth-order valence-corrected chi connectivity index (χ4v) is 3.10. The zero-order valence-electron chi connectivity index (χ0n) is 15.1. The van der Waals surface area contributed by atoms with Gasteiger partial charge in [0.25, 0.3) is 0 Å². The first-order valence-corrected chi connectivity index (χ1v) is 9.18. The van der Waals surface area contributed by atoms with Gasteiger partial charge in [-0.2, -0.15) is 0 Å². The molecule has 0 bridgehead atoms. The van der Waals surface area contributed by atoms with Gasteiger partial charge < -0.3 is 20.5 Å². The molecule has 0 aliphatic heterocycles. The molecule has 2 rings (SSSR count). The van der Waals surface area contributed by atoms with Gasteiger partial charge in [0, 0.05) is 11.4 Å². The highest BCUT2D eigenvalue weighted by molar-refractivity contribution is 7.98. The van der Waals surface area contributed by atoms with E-state index >= 15 is 0 Å². The quantitative estimate of drug-likeness (QED) is 0.451. The van der Waals surface area contributed by atoms with E-state index in [0.717, 1.165) is 5.56 Å². The normalized spacial score (nSPS) is 11.3. The fraction of sp³-hybridized carbons (Fsp3) is 0.316. The highest BCUT2D eigenvalue weighted by Crippen LogP contribution is 2.27. The lowest BCUT2D eigenvalue weighted by atomic mass is 10.1. The lowest BCUT2D eigenvalue weighted by Gasteiger charge is -2.11. The Balaban J connectivity index is 1.98. The van der Waals surface area contributed by atoms with E-state index in [1.165, 1.54) is 16.0 Å². The minimum Gasteiger partial charge on any atom is -0.493 e. The van der Waals surface area contributed by atoms with E-state index in [9.17, 15) is 0 Å². The van der Waals surface area contributed by atoms with Crippen molar-refractivity contribution in [2.45, 2.75) is 24.9 Å². The standard InChI is InChI=1S/C19H25N3O2S/c1-13-5-7-15(18(9-13)25-4)12-22-19(20)21-11-14-6-8-16(23-2)17(10-14)24-3/h5-10H,11-12H2,1-4H3,(H3,20,21,22). The van der Waals surface area contributed by atoms with Crippen LogP contribution in [0.1, 0.15) is 16.7 Å². The molecule has 0 fully saturated rings. The first-order chi connectivity index (χ1) is 12.1. The highest BCUT2D eigenvalue weighted by Gasteiger charge is 2.05. The van der Waals surface area contributed by atoms with Gasteiger partial charge in [0.2, 0.25) is 0 Å². The number of ether oxygens (including phenoxy) is 2. The summed E-state index contributed by atoms with van der Waals surface area (Å²) < 4.78 is 10.5. The molecule has 0 aliphatic rings. The second-order valence-electron chi connectivity index (χ2n) is 5.56. The number of aliphatic imine (C=N–C) groups is 1. The minimum absolute atomic E-state index is 0.419. The lowest BCUT2D eigenvalue weighted by molar-refractivity contribution is 0.354. The van der Waals surface area contributed by atoms with E-state index in [1.54, 1.807) is 26.0 Å².